The van der Waals surface area contributed by atoms with Gasteiger partial charge in [0.25, 0.3) is 5.91 Å². The first kappa shape index (κ1) is 25.5. The van der Waals surface area contributed by atoms with Crippen LogP contribution in [0.25, 0.3) is 10.9 Å². The number of allylic oxidation sites excluding steroid dienone is 1. The van der Waals surface area contributed by atoms with E-state index in [1.54, 1.807) is 40.8 Å². The van der Waals surface area contributed by atoms with Gasteiger partial charge in [0.15, 0.2) is 0 Å². The average Bonchev–Trinajstić information content (AvgIpc) is 3.19. The van der Waals surface area contributed by atoms with Crippen LogP contribution in [-0.4, -0.2) is 33.6 Å². The van der Waals surface area contributed by atoms with E-state index in [4.69, 9.17) is 23.2 Å². The molecule has 0 saturated carbocycles. The number of carbonyl (C=O) groups excluding carboxylic acids is 1. The minimum Gasteiger partial charge on any atom is -0.513 e. The Morgan fingerprint density at radius 2 is 1.86 bits per heavy atom. The number of piperidine rings is 1. The molecule has 0 atom stereocenters. The van der Waals surface area contributed by atoms with Crippen molar-refractivity contribution >= 4 is 40.0 Å². The first-order chi connectivity index (χ1) is 16.5. The van der Waals surface area contributed by atoms with Crippen molar-refractivity contribution in [1.29, 1.82) is 0 Å². The highest BCUT2D eigenvalue weighted by atomic mass is 35.5. The number of nitrogens with zero attached hydrogens (tertiary/aromatic N) is 2. The molecule has 2 aromatic carbocycles. The summed E-state index contributed by atoms with van der Waals surface area (Å²) < 4.78 is 41.4. The third kappa shape index (κ3) is 5.31. The van der Waals surface area contributed by atoms with Crippen LogP contribution in [0.5, 0.6) is 0 Å². The van der Waals surface area contributed by atoms with Gasteiger partial charge < -0.3 is 14.6 Å². The molecule has 35 heavy (non-hydrogen) atoms. The quantitative estimate of drug-likeness (QED) is 0.348. The van der Waals surface area contributed by atoms with Crippen molar-refractivity contribution in [2.75, 3.05) is 13.1 Å². The lowest BCUT2D eigenvalue weighted by Crippen LogP contribution is -2.38. The zero-order valence-electron chi connectivity index (χ0n) is 19.1. The number of halogens is 5. The number of hydrogen-bond acceptors (Lipinski definition) is 2. The van der Waals surface area contributed by atoms with E-state index < -0.39 is 11.7 Å². The molecule has 9 heteroatoms. The minimum atomic E-state index is -4.43. The van der Waals surface area contributed by atoms with Crippen LogP contribution in [0.3, 0.4) is 0 Å². The Bertz CT molecular complexity index is 1290. The molecule has 0 aliphatic carbocycles. The SMILES string of the molecule is C=C(O)CC1CCN(C(=O)c2ccc(Cl)c(Cn3ccc4cc(C(F)(F)F)cc(C)c43)c2Cl)CC1. The summed E-state index contributed by atoms with van der Waals surface area (Å²) in [6.45, 7) is 6.48. The van der Waals surface area contributed by atoms with Crippen LogP contribution in [0.2, 0.25) is 10.0 Å². The molecule has 0 bridgehead atoms. The van der Waals surface area contributed by atoms with Crippen LogP contribution in [0, 0.1) is 12.8 Å². The van der Waals surface area contributed by atoms with E-state index in [2.05, 4.69) is 6.58 Å². The molecule has 4 rings (SSSR count). The molecule has 3 aromatic rings. The Labute approximate surface area is 211 Å². The van der Waals surface area contributed by atoms with Crippen LogP contribution in [0.15, 0.2) is 48.9 Å². The van der Waals surface area contributed by atoms with Crippen molar-refractivity contribution < 1.29 is 23.1 Å². The van der Waals surface area contributed by atoms with Crippen LogP contribution in [0.1, 0.15) is 46.3 Å². The minimum absolute atomic E-state index is 0.155. The molecule has 1 saturated heterocycles. The number of carbonyl (C=O) groups is 1. The van der Waals surface area contributed by atoms with Gasteiger partial charge in [0.1, 0.15) is 0 Å². The molecule has 1 N–H and O–H groups in total. The largest absolute Gasteiger partial charge is 0.513 e. The van der Waals surface area contributed by atoms with Crippen molar-refractivity contribution in [2.24, 2.45) is 5.92 Å². The summed E-state index contributed by atoms with van der Waals surface area (Å²) in [6, 6.07) is 7.10. The monoisotopic (exact) mass is 524 g/mol. The van der Waals surface area contributed by atoms with Gasteiger partial charge in [-0.2, -0.15) is 13.2 Å². The van der Waals surface area contributed by atoms with Crippen molar-refractivity contribution in [3.05, 3.63) is 81.2 Å². The Balaban J connectivity index is 1.60. The van der Waals surface area contributed by atoms with Gasteiger partial charge in [0.05, 0.1) is 34.0 Å². The van der Waals surface area contributed by atoms with Crippen molar-refractivity contribution in [3.63, 3.8) is 0 Å². The van der Waals surface area contributed by atoms with E-state index in [1.165, 1.54) is 0 Å². The maximum absolute atomic E-state index is 13.2. The molecule has 1 aromatic heterocycles. The molecule has 0 unspecified atom stereocenters. The summed E-state index contributed by atoms with van der Waals surface area (Å²) in [5.74, 6) is 0.246. The van der Waals surface area contributed by atoms with Crippen LogP contribution < -0.4 is 0 Å². The van der Waals surface area contributed by atoms with Gasteiger partial charge in [0.2, 0.25) is 0 Å². The maximum Gasteiger partial charge on any atom is 0.416 e. The number of alkyl halides is 3. The molecule has 1 amide bonds. The first-order valence-electron chi connectivity index (χ1n) is 11.2. The highest BCUT2D eigenvalue weighted by Crippen LogP contribution is 2.36. The average molecular weight is 525 g/mol. The van der Waals surface area contributed by atoms with Crippen molar-refractivity contribution in [3.8, 4) is 0 Å². The molecule has 0 spiro atoms. The number of likely N-dealkylation sites (tertiary alicyclic amines) is 1. The molecule has 1 aliphatic heterocycles. The lowest BCUT2D eigenvalue weighted by molar-refractivity contribution is -0.137. The van der Waals surface area contributed by atoms with Crippen molar-refractivity contribution in [2.45, 2.75) is 38.9 Å². The second-order valence-corrected chi connectivity index (χ2v) is 9.85. The van der Waals surface area contributed by atoms with E-state index >= 15 is 0 Å². The Morgan fingerprint density at radius 3 is 2.49 bits per heavy atom. The first-order valence-corrected chi connectivity index (χ1v) is 12.0. The zero-order chi connectivity index (χ0) is 25.5. The lowest BCUT2D eigenvalue weighted by atomic mass is 9.92. The second-order valence-electron chi connectivity index (χ2n) is 9.07. The van der Waals surface area contributed by atoms with E-state index in [-0.39, 0.29) is 29.2 Å². The van der Waals surface area contributed by atoms with Gasteiger partial charge in [-0.15, -0.1) is 0 Å². The number of amides is 1. The van der Waals surface area contributed by atoms with Gasteiger partial charge in [-0.05, 0) is 61.6 Å². The molecule has 4 nitrogen and oxygen atoms in total. The number of rotatable bonds is 5. The number of aliphatic hydroxyl groups excluding tert-OH is 1. The fourth-order valence-corrected chi connectivity index (χ4v) is 5.36. The predicted octanol–water partition coefficient (Wildman–Crippen LogP) is 7.64. The third-order valence-corrected chi connectivity index (χ3v) is 7.34. The number of aliphatic hydroxyl groups is 1. The number of aryl methyl sites for hydroxylation is 1. The Hall–Kier alpha value is -2.64. The van der Waals surface area contributed by atoms with Crippen LogP contribution >= 0.6 is 23.2 Å². The Kier molecular flexibility index (Phi) is 7.11. The summed E-state index contributed by atoms with van der Waals surface area (Å²) in [6.07, 6.45) is -0.680. The fourth-order valence-electron chi connectivity index (χ4n) is 4.79. The maximum atomic E-state index is 13.2. The summed E-state index contributed by atoms with van der Waals surface area (Å²) >= 11 is 13.1. The topological polar surface area (TPSA) is 45.5 Å². The highest BCUT2D eigenvalue weighted by molar-refractivity contribution is 6.38. The fraction of sp³-hybridized carbons (Fsp3) is 0.346. The number of fused-ring (bicyclic) bond motifs is 1. The van der Waals surface area contributed by atoms with E-state index in [1.807, 2.05) is 0 Å². The molecule has 2 heterocycles. The van der Waals surface area contributed by atoms with E-state index in [0.29, 0.717) is 52.1 Å². The van der Waals surface area contributed by atoms with E-state index in [0.717, 1.165) is 25.0 Å². The van der Waals surface area contributed by atoms with Crippen LogP contribution in [0.4, 0.5) is 13.2 Å². The number of hydrogen-bond donors (Lipinski definition) is 1. The standard InChI is InChI=1S/C26H25Cl2F3N2O2/c1-15-11-19(26(29,30)31)13-18-7-10-33(24(15)18)14-21-22(27)4-3-20(23(21)28)25(35)32-8-5-17(6-9-32)12-16(2)34/h3-4,7,10-11,13,17,34H,2,5-6,8-9,12,14H2,1H3. The second kappa shape index (κ2) is 9.78. The normalized spacial score (nSPS) is 15.1. The van der Waals surface area contributed by atoms with Gasteiger partial charge in [0, 0.05) is 41.7 Å². The summed E-state index contributed by atoms with van der Waals surface area (Å²) in [7, 11) is 0. The highest BCUT2D eigenvalue weighted by Gasteiger charge is 2.31. The van der Waals surface area contributed by atoms with E-state index in [9.17, 15) is 23.1 Å². The predicted molar refractivity (Wildman–Crippen MR) is 132 cm³/mol. The molecule has 186 valence electrons. The van der Waals surface area contributed by atoms with Crippen LogP contribution in [-0.2, 0) is 12.7 Å². The van der Waals surface area contributed by atoms with Crippen molar-refractivity contribution in [1.82, 2.24) is 9.47 Å². The summed E-state index contributed by atoms with van der Waals surface area (Å²) in [5.41, 5.74) is 1.30. The molecule has 1 aliphatic rings. The number of aromatic nitrogens is 1. The van der Waals surface area contributed by atoms with Gasteiger partial charge in [-0.3, -0.25) is 4.79 Å². The van der Waals surface area contributed by atoms with Gasteiger partial charge in [-0.1, -0.05) is 29.8 Å². The van der Waals surface area contributed by atoms with Gasteiger partial charge in [-0.25, -0.2) is 0 Å². The molecular formula is C26H25Cl2F3N2O2. The molecule has 1 fully saturated rings. The lowest BCUT2D eigenvalue weighted by Gasteiger charge is -2.32. The third-order valence-electron chi connectivity index (χ3n) is 6.55. The summed E-state index contributed by atoms with van der Waals surface area (Å²) in [4.78, 5) is 15.0. The van der Waals surface area contributed by atoms with Gasteiger partial charge >= 0.3 is 6.18 Å². The summed E-state index contributed by atoms with van der Waals surface area (Å²) in [5, 5.41) is 10.5. The molecule has 0 radical (unpaired) electrons. The number of benzene rings is 2. The molecular weight excluding hydrogens is 500 g/mol. The smallest absolute Gasteiger partial charge is 0.416 e. The zero-order valence-corrected chi connectivity index (χ0v) is 20.6. The Morgan fingerprint density at radius 1 is 1.17 bits per heavy atom.